The van der Waals surface area contributed by atoms with Crippen LogP contribution in [0.25, 0.3) is 0 Å². The van der Waals surface area contributed by atoms with Crippen LogP contribution >= 0.6 is 0 Å². The van der Waals surface area contributed by atoms with Crippen LogP contribution in [0, 0.1) is 12.3 Å². The van der Waals surface area contributed by atoms with Gasteiger partial charge in [-0.05, 0) is 13.8 Å². The van der Waals surface area contributed by atoms with Crippen molar-refractivity contribution in [2.24, 2.45) is 5.41 Å². The summed E-state index contributed by atoms with van der Waals surface area (Å²) in [6, 6.07) is -0.480. The van der Waals surface area contributed by atoms with Crippen molar-refractivity contribution >= 4 is 12.0 Å². The molecule has 1 aromatic heterocycles. The highest BCUT2D eigenvalue weighted by Gasteiger charge is 2.27. The van der Waals surface area contributed by atoms with Gasteiger partial charge in [0.15, 0.2) is 5.82 Å². The summed E-state index contributed by atoms with van der Waals surface area (Å²) in [5, 5.41) is 17.4. The molecule has 0 unspecified atom stereocenters. The van der Waals surface area contributed by atoms with E-state index in [4.69, 9.17) is 9.63 Å². The van der Waals surface area contributed by atoms with Gasteiger partial charge in [-0.25, -0.2) is 4.79 Å². The summed E-state index contributed by atoms with van der Waals surface area (Å²) in [4.78, 5) is 26.1. The van der Waals surface area contributed by atoms with Crippen molar-refractivity contribution in [1.82, 2.24) is 20.8 Å². The summed E-state index contributed by atoms with van der Waals surface area (Å²) in [5.74, 6) is -0.198. The first kappa shape index (κ1) is 13.9. The number of carboxylic acid groups (broad SMARTS) is 1. The van der Waals surface area contributed by atoms with Gasteiger partial charge in [0.05, 0.1) is 12.0 Å². The van der Waals surface area contributed by atoms with E-state index in [1.807, 2.05) is 0 Å². The van der Waals surface area contributed by atoms with Crippen molar-refractivity contribution in [2.75, 3.05) is 6.54 Å². The van der Waals surface area contributed by atoms with Gasteiger partial charge in [0.25, 0.3) is 0 Å². The largest absolute Gasteiger partial charge is 0.481 e. The van der Waals surface area contributed by atoms with Gasteiger partial charge in [-0.2, -0.15) is 4.98 Å². The number of aryl methyl sites for hydroxylation is 1. The number of carbonyl (C=O) groups excluding carboxylic acids is 1. The lowest BCUT2D eigenvalue weighted by atomic mass is 9.94. The van der Waals surface area contributed by atoms with E-state index in [0.29, 0.717) is 11.7 Å². The summed E-state index contributed by atoms with van der Waals surface area (Å²) in [5.41, 5.74) is -1.01. The molecule has 0 aliphatic heterocycles. The Morgan fingerprint density at radius 3 is 2.56 bits per heavy atom. The van der Waals surface area contributed by atoms with Crippen LogP contribution in [0.4, 0.5) is 4.79 Å². The Morgan fingerprint density at radius 1 is 1.39 bits per heavy atom. The molecule has 1 aromatic rings. The molecule has 100 valence electrons. The molecule has 0 fully saturated rings. The molecule has 2 amide bonds. The number of amides is 2. The number of aliphatic carboxylic acids is 1. The number of hydrogen-bond donors (Lipinski definition) is 3. The first-order valence-corrected chi connectivity index (χ1v) is 5.35. The number of urea groups is 1. The van der Waals surface area contributed by atoms with Gasteiger partial charge < -0.3 is 20.3 Å². The average molecular weight is 256 g/mol. The van der Waals surface area contributed by atoms with Gasteiger partial charge in [0.1, 0.15) is 0 Å². The molecule has 0 bridgehead atoms. The van der Waals surface area contributed by atoms with Crippen molar-refractivity contribution in [1.29, 1.82) is 0 Å². The second-order valence-corrected chi connectivity index (χ2v) is 4.45. The first-order chi connectivity index (χ1) is 8.31. The van der Waals surface area contributed by atoms with E-state index in [1.54, 1.807) is 6.92 Å². The monoisotopic (exact) mass is 256 g/mol. The van der Waals surface area contributed by atoms with Crippen molar-refractivity contribution in [3.8, 4) is 0 Å². The number of carbonyl (C=O) groups is 2. The van der Waals surface area contributed by atoms with Crippen molar-refractivity contribution < 1.29 is 19.2 Å². The smallest absolute Gasteiger partial charge is 0.315 e. The van der Waals surface area contributed by atoms with E-state index < -0.39 is 17.4 Å². The van der Waals surface area contributed by atoms with Crippen LogP contribution < -0.4 is 10.6 Å². The molecule has 1 heterocycles. The van der Waals surface area contributed by atoms with Gasteiger partial charge >= 0.3 is 12.0 Å². The molecule has 18 heavy (non-hydrogen) atoms. The van der Waals surface area contributed by atoms with E-state index >= 15 is 0 Å². The number of carboxylic acids is 1. The lowest BCUT2D eigenvalue weighted by Gasteiger charge is -2.19. The van der Waals surface area contributed by atoms with Crippen LogP contribution in [0.15, 0.2) is 4.52 Å². The number of rotatable bonds is 5. The molecule has 1 rings (SSSR count). The van der Waals surface area contributed by atoms with Gasteiger partial charge in [0.2, 0.25) is 5.89 Å². The maximum atomic E-state index is 11.4. The normalized spacial score (nSPS) is 11.1. The second-order valence-electron chi connectivity index (χ2n) is 4.45. The number of hydrogen-bond acceptors (Lipinski definition) is 5. The summed E-state index contributed by atoms with van der Waals surface area (Å²) in [7, 11) is 0. The topological polar surface area (TPSA) is 117 Å². The lowest BCUT2D eigenvalue weighted by molar-refractivity contribution is -0.146. The zero-order valence-corrected chi connectivity index (χ0v) is 10.5. The predicted octanol–water partition coefficient (Wildman–Crippen LogP) is 0.288. The fourth-order valence-corrected chi connectivity index (χ4v) is 1.01. The van der Waals surface area contributed by atoms with E-state index in [0.717, 1.165) is 0 Å². The quantitative estimate of drug-likeness (QED) is 0.696. The molecule has 3 N–H and O–H groups in total. The second kappa shape index (κ2) is 5.48. The highest BCUT2D eigenvalue weighted by atomic mass is 16.5. The standard InChI is InChI=1S/C10H16N4O4/c1-6-13-7(14-18-6)4-11-9(17)12-5-10(2,3)8(15)16/h4-5H2,1-3H3,(H,15,16)(H2,11,12,17). The summed E-state index contributed by atoms with van der Waals surface area (Å²) in [6.07, 6.45) is 0. The minimum atomic E-state index is -1.01. The molecule has 0 aliphatic carbocycles. The van der Waals surface area contributed by atoms with Crippen LogP contribution in [0.5, 0.6) is 0 Å². The van der Waals surface area contributed by atoms with E-state index in [9.17, 15) is 9.59 Å². The zero-order valence-electron chi connectivity index (χ0n) is 10.5. The van der Waals surface area contributed by atoms with Crippen molar-refractivity contribution in [2.45, 2.75) is 27.3 Å². The number of nitrogens with zero attached hydrogens (tertiary/aromatic N) is 2. The van der Waals surface area contributed by atoms with Crippen molar-refractivity contribution in [3.05, 3.63) is 11.7 Å². The fourth-order valence-electron chi connectivity index (χ4n) is 1.01. The maximum Gasteiger partial charge on any atom is 0.315 e. The minimum Gasteiger partial charge on any atom is -0.481 e. The Labute approximate surface area is 104 Å². The molecule has 0 saturated heterocycles. The lowest BCUT2D eigenvalue weighted by Crippen LogP contribution is -2.43. The molecular weight excluding hydrogens is 240 g/mol. The fraction of sp³-hybridized carbons (Fsp3) is 0.600. The molecule has 0 atom stereocenters. The third-order valence-corrected chi connectivity index (χ3v) is 2.25. The number of aromatic nitrogens is 2. The van der Waals surface area contributed by atoms with Crippen LogP contribution in [-0.2, 0) is 11.3 Å². The Bertz CT molecular complexity index is 441. The average Bonchev–Trinajstić information content (AvgIpc) is 2.69. The molecular formula is C10H16N4O4. The Kier molecular flexibility index (Phi) is 4.24. The Balaban J connectivity index is 2.32. The third-order valence-electron chi connectivity index (χ3n) is 2.25. The van der Waals surface area contributed by atoms with E-state index in [2.05, 4.69) is 20.8 Å². The van der Waals surface area contributed by atoms with Crippen LogP contribution in [0.1, 0.15) is 25.6 Å². The van der Waals surface area contributed by atoms with Crippen molar-refractivity contribution in [3.63, 3.8) is 0 Å². The first-order valence-electron chi connectivity index (χ1n) is 5.35. The maximum absolute atomic E-state index is 11.4. The molecule has 0 aliphatic rings. The predicted molar refractivity (Wildman–Crippen MR) is 60.7 cm³/mol. The zero-order chi connectivity index (χ0) is 13.8. The van der Waals surface area contributed by atoms with Crippen LogP contribution in [0.2, 0.25) is 0 Å². The Hall–Kier alpha value is -2.12. The minimum absolute atomic E-state index is 0.0272. The van der Waals surface area contributed by atoms with Crippen LogP contribution in [-0.4, -0.2) is 33.8 Å². The highest BCUT2D eigenvalue weighted by molar-refractivity contribution is 5.77. The van der Waals surface area contributed by atoms with Gasteiger partial charge in [0, 0.05) is 13.5 Å². The summed E-state index contributed by atoms with van der Waals surface area (Å²) >= 11 is 0. The van der Waals surface area contributed by atoms with Gasteiger partial charge in [-0.1, -0.05) is 5.16 Å². The number of nitrogens with one attached hydrogen (secondary N) is 2. The summed E-state index contributed by atoms with van der Waals surface area (Å²) in [6.45, 7) is 4.85. The Morgan fingerprint density at radius 2 is 2.06 bits per heavy atom. The van der Waals surface area contributed by atoms with Gasteiger partial charge in [-0.15, -0.1) is 0 Å². The SMILES string of the molecule is Cc1nc(CNC(=O)NCC(C)(C)C(=O)O)no1. The molecule has 0 radical (unpaired) electrons. The highest BCUT2D eigenvalue weighted by Crippen LogP contribution is 2.12. The van der Waals surface area contributed by atoms with E-state index in [-0.39, 0.29) is 13.1 Å². The van der Waals surface area contributed by atoms with E-state index in [1.165, 1.54) is 13.8 Å². The molecule has 0 saturated carbocycles. The molecule has 0 spiro atoms. The summed E-state index contributed by atoms with van der Waals surface area (Å²) < 4.78 is 4.73. The third kappa shape index (κ3) is 4.04. The molecule has 8 heteroatoms. The molecule has 8 nitrogen and oxygen atoms in total. The van der Waals surface area contributed by atoms with Gasteiger partial charge in [-0.3, -0.25) is 4.79 Å². The molecule has 0 aromatic carbocycles. The van der Waals surface area contributed by atoms with Crippen LogP contribution in [0.3, 0.4) is 0 Å².